The summed E-state index contributed by atoms with van der Waals surface area (Å²) in [5.41, 5.74) is 6.91. The highest BCUT2D eigenvalue weighted by Crippen LogP contribution is 2.44. The van der Waals surface area contributed by atoms with E-state index in [0.717, 1.165) is 17.1 Å². The Kier molecular flexibility index (Phi) is 6.02. The van der Waals surface area contributed by atoms with E-state index in [1.165, 1.54) is 25.4 Å². The molecule has 176 valence electrons. The van der Waals surface area contributed by atoms with E-state index in [1.807, 2.05) is 6.92 Å². The standard InChI is InChI=1S/C23H27F3N6O/c1-4-19(33)31-5-7-32(8-6-31)22-16-9-13(2)15(11-17(16)28-12-29-22)21-20(23(24,25)26)14(3)10-18(27)30-21/h4,10,12-13,15H,1,5-9,11H2,2-3H3,(H2,27,30)/t13-,15-/m0/s1. The maximum absolute atomic E-state index is 13.9. The molecule has 3 heterocycles. The third-order valence-electron chi connectivity index (χ3n) is 6.60. The Morgan fingerprint density at radius 1 is 1.21 bits per heavy atom. The second-order valence-corrected chi connectivity index (χ2v) is 8.75. The number of carbonyl (C=O) groups excluding carboxylic acids is 1. The molecule has 1 saturated heterocycles. The van der Waals surface area contributed by atoms with Crippen molar-refractivity contribution in [1.29, 1.82) is 0 Å². The van der Waals surface area contributed by atoms with Gasteiger partial charge in [0.1, 0.15) is 18.0 Å². The van der Waals surface area contributed by atoms with Crippen molar-refractivity contribution in [3.63, 3.8) is 0 Å². The highest BCUT2D eigenvalue weighted by Gasteiger charge is 2.41. The SMILES string of the molecule is C=CC(=O)N1CCN(c2ncnc3c2C[C@H](C)[C@@H](c2nc(N)cc(C)c2C(F)(F)F)C3)CC1. The molecule has 0 bridgehead atoms. The van der Waals surface area contributed by atoms with Crippen LogP contribution in [0.25, 0.3) is 0 Å². The summed E-state index contributed by atoms with van der Waals surface area (Å²) in [5.74, 6) is 0.218. The molecule has 1 amide bonds. The van der Waals surface area contributed by atoms with Crippen molar-refractivity contribution in [2.45, 2.75) is 38.8 Å². The van der Waals surface area contributed by atoms with Gasteiger partial charge < -0.3 is 15.5 Å². The monoisotopic (exact) mass is 460 g/mol. The van der Waals surface area contributed by atoms with Crippen molar-refractivity contribution in [3.8, 4) is 0 Å². The fourth-order valence-corrected chi connectivity index (χ4v) is 4.96. The van der Waals surface area contributed by atoms with Crippen LogP contribution in [-0.2, 0) is 23.8 Å². The molecule has 2 aliphatic rings. The number of fused-ring (bicyclic) bond motifs is 1. The van der Waals surface area contributed by atoms with Gasteiger partial charge in [-0.1, -0.05) is 13.5 Å². The predicted molar refractivity (Wildman–Crippen MR) is 119 cm³/mol. The van der Waals surface area contributed by atoms with Crippen LogP contribution in [-0.4, -0.2) is 51.9 Å². The van der Waals surface area contributed by atoms with Crippen molar-refractivity contribution in [2.24, 2.45) is 5.92 Å². The van der Waals surface area contributed by atoms with E-state index < -0.39 is 17.7 Å². The number of hydrogen-bond acceptors (Lipinski definition) is 6. The number of nitrogens with two attached hydrogens (primary N) is 1. The van der Waals surface area contributed by atoms with Crippen molar-refractivity contribution in [1.82, 2.24) is 19.9 Å². The second-order valence-electron chi connectivity index (χ2n) is 8.75. The van der Waals surface area contributed by atoms with Gasteiger partial charge in [-0.3, -0.25) is 4.79 Å². The fourth-order valence-electron chi connectivity index (χ4n) is 4.96. The minimum Gasteiger partial charge on any atom is -0.384 e. The third kappa shape index (κ3) is 4.38. The van der Waals surface area contributed by atoms with Crippen molar-refractivity contribution < 1.29 is 18.0 Å². The third-order valence-corrected chi connectivity index (χ3v) is 6.60. The molecule has 2 N–H and O–H groups in total. The lowest BCUT2D eigenvalue weighted by atomic mass is 9.75. The molecule has 1 fully saturated rings. The summed E-state index contributed by atoms with van der Waals surface area (Å²) >= 11 is 0. The summed E-state index contributed by atoms with van der Waals surface area (Å²) in [4.78, 5) is 28.8. The van der Waals surface area contributed by atoms with Gasteiger partial charge in [0.05, 0.1) is 11.3 Å². The summed E-state index contributed by atoms with van der Waals surface area (Å²) in [7, 11) is 0. The van der Waals surface area contributed by atoms with E-state index in [-0.39, 0.29) is 28.9 Å². The van der Waals surface area contributed by atoms with Crippen LogP contribution >= 0.6 is 0 Å². The molecule has 0 aromatic carbocycles. The highest BCUT2D eigenvalue weighted by atomic mass is 19.4. The van der Waals surface area contributed by atoms with Gasteiger partial charge in [0.25, 0.3) is 0 Å². The number of nitrogen functional groups attached to an aromatic ring is 1. The topological polar surface area (TPSA) is 88.2 Å². The van der Waals surface area contributed by atoms with Gasteiger partial charge in [0.2, 0.25) is 5.91 Å². The minimum atomic E-state index is -4.51. The van der Waals surface area contributed by atoms with Gasteiger partial charge in [-0.25, -0.2) is 15.0 Å². The van der Waals surface area contributed by atoms with Gasteiger partial charge in [0.15, 0.2) is 0 Å². The Balaban J connectivity index is 1.65. The van der Waals surface area contributed by atoms with E-state index in [1.54, 1.807) is 4.90 Å². The first-order valence-corrected chi connectivity index (χ1v) is 10.9. The van der Waals surface area contributed by atoms with E-state index in [0.29, 0.717) is 39.0 Å². The quantitative estimate of drug-likeness (QED) is 0.708. The first-order valence-electron chi connectivity index (χ1n) is 10.9. The largest absolute Gasteiger partial charge is 0.418 e. The second kappa shape index (κ2) is 8.64. The number of carbonyl (C=O) groups is 1. The number of amides is 1. The lowest BCUT2D eigenvalue weighted by Gasteiger charge is -2.38. The fraction of sp³-hybridized carbons (Fsp3) is 0.478. The molecule has 4 rings (SSSR count). The Bertz CT molecular complexity index is 1080. The number of alkyl halides is 3. The molecule has 2 atom stereocenters. The zero-order chi connectivity index (χ0) is 23.9. The summed E-state index contributed by atoms with van der Waals surface area (Å²) < 4.78 is 41.7. The molecule has 2 aromatic rings. The molecule has 33 heavy (non-hydrogen) atoms. The zero-order valence-electron chi connectivity index (χ0n) is 18.7. The molecule has 1 aliphatic heterocycles. The molecule has 10 heteroatoms. The molecule has 0 radical (unpaired) electrons. The van der Waals surface area contributed by atoms with Crippen LogP contribution in [0, 0.1) is 12.8 Å². The van der Waals surface area contributed by atoms with Crippen molar-refractivity contribution >= 4 is 17.5 Å². The number of aromatic nitrogens is 3. The van der Waals surface area contributed by atoms with Gasteiger partial charge in [-0.05, 0) is 43.4 Å². The van der Waals surface area contributed by atoms with Gasteiger partial charge in [0, 0.05) is 43.4 Å². The first-order chi connectivity index (χ1) is 15.6. The normalized spacial score (nSPS) is 21.0. The Morgan fingerprint density at radius 2 is 1.91 bits per heavy atom. The molecule has 2 aromatic heterocycles. The van der Waals surface area contributed by atoms with Crippen LogP contribution in [0.4, 0.5) is 24.8 Å². The molecule has 1 aliphatic carbocycles. The van der Waals surface area contributed by atoms with Crippen LogP contribution in [0.2, 0.25) is 0 Å². The first kappa shape index (κ1) is 23.0. The van der Waals surface area contributed by atoms with Crippen LogP contribution in [0.15, 0.2) is 25.0 Å². The molecular weight excluding hydrogens is 433 g/mol. The highest BCUT2D eigenvalue weighted by molar-refractivity contribution is 5.87. The lowest BCUT2D eigenvalue weighted by Crippen LogP contribution is -2.49. The van der Waals surface area contributed by atoms with Gasteiger partial charge >= 0.3 is 6.18 Å². The summed E-state index contributed by atoms with van der Waals surface area (Å²) in [6, 6.07) is 1.27. The lowest BCUT2D eigenvalue weighted by molar-refractivity contribution is -0.139. The number of rotatable bonds is 3. The number of hydrogen-bond donors (Lipinski definition) is 1. The number of piperazine rings is 1. The van der Waals surface area contributed by atoms with E-state index >= 15 is 0 Å². The van der Waals surface area contributed by atoms with E-state index in [2.05, 4.69) is 26.4 Å². The molecule has 0 saturated carbocycles. The van der Waals surface area contributed by atoms with Crippen LogP contribution in [0.1, 0.15) is 40.9 Å². The Morgan fingerprint density at radius 3 is 2.55 bits per heavy atom. The minimum absolute atomic E-state index is 0.00476. The molecule has 0 unspecified atom stereocenters. The summed E-state index contributed by atoms with van der Waals surface area (Å²) in [6.45, 7) is 9.25. The number of anilines is 2. The number of halogens is 3. The smallest absolute Gasteiger partial charge is 0.384 e. The van der Waals surface area contributed by atoms with Crippen LogP contribution in [0.3, 0.4) is 0 Å². The van der Waals surface area contributed by atoms with Crippen LogP contribution < -0.4 is 10.6 Å². The Labute approximate surface area is 190 Å². The number of pyridine rings is 1. The number of aryl methyl sites for hydroxylation is 1. The maximum atomic E-state index is 13.9. The molecule has 7 nitrogen and oxygen atoms in total. The summed E-state index contributed by atoms with van der Waals surface area (Å²) in [5, 5.41) is 0. The Hall–Kier alpha value is -3.17. The zero-order valence-corrected chi connectivity index (χ0v) is 18.7. The van der Waals surface area contributed by atoms with E-state index in [4.69, 9.17) is 5.73 Å². The predicted octanol–water partition coefficient (Wildman–Crippen LogP) is 3.13. The van der Waals surface area contributed by atoms with Crippen molar-refractivity contribution in [2.75, 3.05) is 36.8 Å². The molecular formula is C23H27F3N6O. The summed E-state index contributed by atoms with van der Waals surface area (Å²) in [6.07, 6.45) is -0.870. The average molecular weight is 461 g/mol. The van der Waals surface area contributed by atoms with Crippen LogP contribution in [0.5, 0.6) is 0 Å². The van der Waals surface area contributed by atoms with Gasteiger partial charge in [-0.2, -0.15) is 13.2 Å². The van der Waals surface area contributed by atoms with Crippen molar-refractivity contribution in [3.05, 3.63) is 53.1 Å². The number of nitrogens with zero attached hydrogens (tertiary/aromatic N) is 5. The maximum Gasteiger partial charge on any atom is 0.418 e. The van der Waals surface area contributed by atoms with Gasteiger partial charge in [-0.15, -0.1) is 0 Å². The average Bonchev–Trinajstić information content (AvgIpc) is 2.76. The molecule has 0 spiro atoms. The van der Waals surface area contributed by atoms with E-state index in [9.17, 15) is 18.0 Å².